The van der Waals surface area contributed by atoms with Crippen LogP contribution in [0.4, 0.5) is 0 Å². The first kappa shape index (κ1) is 6.74. The minimum atomic E-state index is 0.126. The van der Waals surface area contributed by atoms with Crippen LogP contribution in [0.5, 0.6) is 0 Å². The number of aldehydes is 1. The molecule has 51 valence electrons. The van der Waals surface area contributed by atoms with Crippen LogP contribution in [0.25, 0.3) is 0 Å². The average molecular weight is 136 g/mol. The summed E-state index contributed by atoms with van der Waals surface area (Å²) in [5, 5.41) is 0. The zero-order valence-electron chi connectivity index (χ0n) is 5.28. The third-order valence-electron chi connectivity index (χ3n) is 1.22. The van der Waals surface area contributed by atoms with E-state index in [-0.39, 0.29) is 6.54 Å². The Kier molecular flexibility index (Phi) is 1.99. The van der Waals surface area contributed by atoms with Gasteiger partial charge in [0.15, 0.2) is 6.29 Å². The summed E-state index contributed by atoms with van der Waals surface area (Å²) in [5.74, 6) is 0. The second-order valence-electron chi connectivity index (χ2n) is 1.82. The van der Waals surface area contributed by atoms with Crippen LogP contribution in [0.15, 0.2) is 18.3 Å². The van der Waals surface area contributed by atoms with Crippen LogP contribution in [0.2, 0.25) is 0 Å². The molecule has 0 spiro atoms. The molecule has 0 amide bonds. The Morgan fingerprint density at radius 2 is 2.50 bits per heavy atom. The third-order valence-corrected chi connectivity index (χ3v) is 1.22. The highest BCUT2D eigenvalue weighted by molar-refractivity contribution is 5.72. The highest BCUT2D eigenvalue weighted by Crippen LogP contribution is 1.96. The molecule has 10 heavy (non-hydrogen) atoms. The SMILES string of the molecule is O=[C]Cn1cccc1C=O. The second kappa shape index (κ2) is 2.96. The summed E-state index contributed by atoms with van der Waals surface area (Å²) < 4.78 is 1.53. The molecule has 0 aromatic carbocycles. The predicted molar refractivity (Wildman–Crippen MR) is 35.5 cm³/mol. The fourth-order valence-electron chi connectivity index (χ4n) is 0.748. The van der Waals surface area contributed by atoms with Crippen molar-refractivity contribution in [1.82, 2.24) is 4.57 Å². The molecule has 3 heteroatoms. The van der Waals surface area contributed by atoms with Crippen molar-refractivity contribution >= 4 is 12.6 Å². The summed E-state index contributed by atoms with van der Waals surface area (Å²) in [4.78, 5) is 20.1. The Hall–Kier alpha value is -1.38. The predicted octanol–water partition coefficient (Wildman–Crippen LogP) is 0.410. The smallest absolute Gasteiger partial charge is 0.219 e. The molecule has 0 saturated heterocycles. The van der Waals surface area contributed by atoms with E-state index in [2.05, 4.69) is 0 Å². The maximum Gasteiger partial charge on any atom is 0.219 e. The highest BCUT2D eigenvalue weighted by atomic mass is 16.1. The third kappa shape index (κ3) is 1.13. The molecule has 0 bridgehead atoms. The lowest BCUT2D eigenvalue weighted by atomic mass is 10.5. The van der Waals surface area contributed by atoms with Crippen LogP contribution < -0.4 is 0 Å². The zero-order chi connectivity index (χ0) is 7.40. The molecule has 0 saturated carbocycles. The number of aromatic nitrogens is 1. The van der Waals surface area contributed by atoms with Crippen molar-refractivity contribution in [1.29, 1.82) is 0 Å². The van der Waals surface area contributed by atoms with E-state index in [0.29, 0.717) is 12.0 Å². The van der Waals surface area contributed by atoms with Crippen molar-refractivity contribution in [3.63, 3.8) is 0 Å². The molecular weight excluding hydrogens is 130 g/mol. The van der Waals surface area contributed by atoms with Gasteiger partial charge >= 0.3 is 0 Å². The lowest BCUT2D eigenvalue weighted by Gasteiger charge is -1.94. The molecule has 1 aromatic heterocycles. The Morgan fingerprint density at radius 3 is 3.10 bits per heavy atom. The van der Waals surface area contributed by atoms with Gasteiger partial charge in [-0.05, 0) is 12.1 Å². The van der Waals surface area contributed by atoms with Crippen LogP contribution in [0.1, 0.15) is 10.5 Å². The van der Waals surface area contributed by atoms with Gasteiger partial charge in [0.1, 0.15) is 0 Å². The van der Waals surface area contributed by atoms with Crippen molar-refractivity contribution in [2.45, 2.75) is 6.54 Å². The monoisotopic (exact) mass is 136 g/mol. The number of hydrogen-bond donors (Lipinski definition) is 0. The molecule has 0 aliphatic heterocycles. The summed E-state index contributed by atoms with van der Waals surface area (Å²) in [6.07, 6.45) is 4.07. The number of carbonyl (C=O) groups excluding carboxylic acids is 2. The van der Waals surface area contributed by atoms with Crippen molar-refractivity contribution in [3.8, 4) is 0 Å². The molecule has 0 atom stereocenters. The van der Waals surface area contributed by atoms with E-state index in [0.717, 1.165) is 0 Å². The van der Waals surface area contributed by atoms with Gasteiger partial charge in [0.05, 0.1) is 12.2 Å². The van der Waals surface area contributed by atoms with Crippen LogP contribution in [0.3, 0.4) is 0 Å². The molecular formula is C7H6NO2. The first-order valence-corrected chi connectivity index (χ1v) is 2.84. The fraction of sp³-hybridized carbons (Fsp3) is 0.143. The van der Waals surface area contributed by atoms with Gasteiger partial charge in [-0.1, -0.05) is 0 Å². The summed E-state index contributed by atoms with van der Waals surface area (Å²) >= 11 is 0. The standard InChI is InChI=1S/C7H6NO2/c9-5-4-8-3-1-2-7(8)6-10/h1-3,6H,4H2. The first-order chi connectivity index (χ1) is 4.88. The number of rotatable bonds is 3. The molecule has 0 aliphatic carbocycles. The van der Waals surface area contributed by atoms with Gasteiger partial charge < -0.3 is 4.57 Å². The topological polar surface area (TPSA) is 39.1 Å². The van der Waals surface area contributed by atoms with E-state index in [1.165, 1.54) is 4.57 Å². The summed E-state index contributed by atoms with van der Waals surface area (Å²) in [5.41, 5.74) is 0.503. The Balaban J connectivity index is 2.89. The molecule has 0 fully saturated rings. The lowest BCUT2D eigenvalue weighted by Crippen LogP contribution is -2.00. The number of nitrogens with zero attached hydrogens (tertiary/aromatic N) is 1. The lowest BCUT2D eigenvalue weighted by molar-refractivity contribution is 0.111. The largest absolute Gasteiger partial charge is 0.337 e. The van der Waals surface area contributed by atoms with Gasteiger partial charge in [-0.25, -0.2) is 0 Å². The number of carbonyl (C=O) groups is 1. The van der Waals surface area contributed by atoms with Gasteiger partial charge in [-0.2, -0.15) is 0 Å². The maximum atomic E-state index is 10.2. The Labute approximate surface area is 58.3 Å². The van der Waals surface area contributed by atoms with E-state index < -0.39 is 0 Å². The van der Waals surface area contributed by atoms with Crippen LogP contribution >= 0.6 is 0 Å². The Bertz CT molecular complexity index is 240. The van der Waals surface area contributed by atoms with E-state index in [1.54, 1.807) is 24.6 Å². The van der Waals surface area contributed by atoms with Crippen molar-refractivity contribution in [2.75, 3.05) is 0 Å². The molecule has 1 radical (unpaired) electrons. The van der Waals surface area contributed by atoms with E-state index in [4.69, 9.17) is 0 Å². The Morgan fingerprint density at radius 1 is 1.70 bits per heavy atom. The molecule has 1 aromatic rings. The van der Waals surface area contributed by atoms with Crippen molar-refractivity contribution < 1.29 is 9.59 Å². The van der Waals surface area contributed by atoms with Crippen molar-refractivity contribution in [2.24, 2.45) is 0 Å². The molecule has 1 rings (SSSR count). The summed E-state index contributed by atoms with van der Waals surface area (Å²) in [7, 11) is 0. The molecule has 0 unspecified atom stereocenters. The van der Waals surface area contributed by atoms with Gasteiger partial charge in [-0.3, -0.25) is 9.59 Å². The van der Waals surface area contributed by atoms with E-state index in [9.17, 15) is 9.59 Å². The molecule has 1 heterocycles. The molecule has 3 nitrogen and oxygen atoms in total. The van der Waals surface area contributed by atoms with Gasteiger partial charge in [0.2, 0.25) is 6.29 Å². The zero-order valence-corrected chi connectivity index (χ0v) is 5.28. The van der Waals surface area contributed by atoms with Crippen LogP contribution in [0, 0.1) is 0 Å². The number of hydrogen-bond acceptors (Lipinski definition) is 2. The average Bonchev–Trinajstić information content (AvgIpc) is 2.36. The first-order valence-electron chi connectivity index (χ1n) is 2.84. The van der Waals surface area contributed by atoms with E-state index >= 15 is 0 Å². The van der Waals surface area contributed by atoms with Crippen LogP contribution in [-0.4, -0.2) is 17.1 Å². The summed E-state index contributed by atoms with van der Waals surface area (Å²) in [6.45, 7) is 0.126. The van der Waals surface area contributed by atoms with E-state index in [1.807, 2.05) is 0 Å². The maximum absolute atomic E-state index is 10.2. The molecule has 0 aliphatic rings. The quantitative estimate of drug-likeness (QED) is 0.564. The van der Waals surface area contributed by atoms with Crippen molar-refractivity contribution in [3.05, 3.63) is 24.0 Å². The molecule has 0 N–H and O–H groups in total. The minimum Gasteiger partial charge on any atom is -0.337 e. The normalized spacial score (nSPS) is 9.20. The second-order valence-corrected chi connectivity index (χ2v) is 1.82. The highest BCUT2D eigenvalue weighted by Gasteiger charge is 1.95. The minimum absolute atomic E-state index is 0.126. The van der Waals surface area contributed by atoms with Gasteiger partial charge in [0.25, 0.3) is 0 Å². The van der Waals surface area contributed by atoms with Crippen LogP contribution in [-0.2, 0) is 11.3 Å². The summed E-state index contributed by atoms with van der Waals surface area (Å²) in [6, 6.07) is 3.35. The van der Waals surface area contributed by atoms with Gasteiger partial charge in [-0.15, -0.1) is 0 Å². The van der Waals surface area contributed by atoms with Gasteiger partial charge in [0, 0.05) is 6.20 Å². The fourth-order valence-corrected chi connectivity index (χ4v) is 0.748.